The molecule has 0 aliphatic carbocycles. The van der Waals surface area contributed by atoms with Crippen LogP contribution in [0.5, 0.6) is 0 Å². The second-order valence-corrected chi connectivity index (χ2v) is 5.58. The molecule has 2 atom stereocenters. The van der Waals surface area contributed by atoms with Gasteiger partial charge in [-0.25, -0.2) is 0 Å². The van der Waals surface area contributed by atoms with Gasteiger partial charge in [0.25, 0.3) is 0 Å². The van der Waals surface area contributed by atoms with Crippen LogP contribution in [0.15, 0.2) is 18.2 Å². The highest BCUT2D eigenvalue weighted by atomic mass is 19.4. The number of nitrogens with two attached hydrogens (primary N) is 1. The number of rotatable bonds is 2. The molecule has 0 amide bonds. The molecule has 1 fully saturated rings. The summed E-state index contributed by atoms with van der Waals surface area (Å²) in [6.45, 7) is 2.39. The minimum atomic E-state index is -4.82. The normalized spacial score (nSPS) is 24.0. The van der Waals surface area contributed by atoms with Crippen LogP contribution >= 0.6 is 0 Å². The van der Waals surface area contributed by atoms with Crippen LogP contribution in [-0.2, 0) is 18.9 Å². The molecule has 0 bridgehead atoms. The van der Waals surface area contributed by atoms with Crippen LogP contribution in [0.2, 0.25) is 0 Å². The Balaban J connectivity index is 2.34. The molecule has 2 N–H and O–H groups in total. The first-order chi connectivity index (χ1) is 9.98. The zero-order valence-electron chi connectivity index (χ0n) is 11.8. The van der Waals surface area contributed by atoms with Gasteiger partial charge in [0, 0.05) is 25.2 Å². The van der Waals surface area contributed by atoms with Gasteiger partial charge in [-0.15, -0.1) is 0 Å². The highest BCUT2D eigenvalue weighted by Crippen LogP contribution is 2.36. The lowest BCUT2D eigenvalue weighted by molar-refractivity contribution is -0.143. The van der Waals surface area contributed by atoms with Crippen LogP contribution in [0, 0.1) is 0 Å². The molecule has 1 saturated heterocycles. The molecule has 1 aliphatic rings. The van der Waals surface area contributed by atoms with Crippen LogP contribution in [-0.4, -0.2) is 23.5 Å². The van der Waals surface area contributed by atoms with Crippen molar-refractivity contribution in [3.8, 4) is 0 Å². The number of likely N-dealkylation sites (tertiary alicyclic amines) is 1. The van der Waals surface area contributed by atoms with E-state index in [1.54, 1.807) is 4.90 Å². The van der Waals surface area contributed by atoms with Crippen molar-refractivity contribution >= 4 is 0 Å². The van der Waals surface area contributed by atoms with Crippen molar-refractivity contribution in [3.63, 3.8) is 0 Å². The van der Waals surface area contributed by atoms with E-state index >= 15 is 0 Å². The third kappa shape index (κ3) is 3.73. The predicted octanol–water partition coefficient (Wildman–Crippen LogP) is 3.65. The van der Waals surface area contributed by atoms with Gasteiger partial charge in [-0.2, -0.15) is 26.3 Å². The van der Waals surface area contributed by atoms with E-state index in [-0.39, 0.29) is 30.3 Å². The van der Waals surface area contributed by atoms with Gasteiger partial charge in [-0.1, -0.05) is 0 Å². The van der Waals surface area contributed by atoms with Crippen LogP contribution in [0.4, 0.5) is 26.3 Å². The van der Waals surface area contributed by atoms with Crippen molar-refractivity contribution in [2.45, 2.75) is 44.3 Å². The Labute approximate surface area is 123 Å². The largest absolute Gasteiger partial charge is 0.416 e. The summed E-state index contributed by atoms with van der Waals surface area (Å²) in [6.07, 6.45) is -8.96. The molecule has 2 rings (SSSR count). The van der Waals surface area contributed by atoms with Crippen molar-refractivity contribution in [1.82, 2.24) is 4.90 Å². The lowest BCUT2D eigenvalue weighted by atomic mass is 10.0. The minimum Gasteiger partial charge on any atom is -0.326 e. The Hall–Kier alpha value is -1.28. The van der Waals surface area contributed by atoms with Crippen molar-refractivity contribution in [1.29, 1.82) is 0 Å². The molecule has 2 nitrogen and oxygen atoms in total. The molecule has 124 valence electrons. The molecule has 0 aromatic heterocycles. The summed E-state index contributed by atoms with van der Waals surface area (Å²) in [7, 11) is 0. The van der Waals surface area contributed by atoms with Gasteiger partial charge in [-0.05, 0) is 37.1 Å². The predicted molar refractivity (Wildman–Crippen MR) is 68.9 cm³/mol. The van der Waals surface area contributed by atoms with E-state index in [1.165, 1.54) is 0 Å². The number of hydrogen-bond acceptors (Lipinski definition) is 2. The topological polar surface area (TPSA) is 29.3 Å². The van der Waals surface area contributed by atoms with Crippen LogP contribution in [0.3, 0.4) is 0 Å². The Morgan fingerprint density at radius 3 is 1.91 bits per heavy atom. The Morgan fingerprint density at radius 1 is 1.05 bits per heavy atom. The zero-order valence-corrected chi connectivity index (χ0v) is 11.8. The summed E-state index contributed by atoms with van der Waals surface area (Å²) < 4.78 is 76.7. The fourth-order valence-corrected chi connectivity index (χ4v) is 2.60. The molecule has 1 aliphatic heterocycles. The summed E-state index contributed by atoms with van der Waals surface area (Å²) in [6, 6.07) is 1.48. The lowest BCUT2D eigenvalue weighted by Crippen LogP contribution is -2.36. The first kappa shape index (κ1) is 17.1. The number of hydrogen-bond donors (Lipinski definition) is 1. The first-order valence-corrected chi connectivity index (χ1v) is 6.76. The summed E-state index contributed by atoms with van der Waals surface area (Å²) in [5.41, 5.74) is 3.24. The molecule has 8 heteroatoms. The Bertz CT molecular complexity index is 505. The van der Waals surface area contributed by atoms with Gasteiger partial charge in [0.15, 0.2) is 0 Å². The summed E-state index contributed by atoms with van der Waals surface area (Å²) in [5.74, 6) is 0. The lowest BCUT2D eigenvalue weighted by Gasteiger charge is -2.24. The van der Waals surface area contributed by atoms with E-state index in [2.05, 4.69) is 0 Å². The van der Waals surface area contributed by atoms with Crippen LogP contribution in [0.25, 0.3) is 0 Å². The highest BCUT2D eigenvalue weighted by Gasteiger charge is 2.37. The monoisotopic (exact) mass is 326 g/mol. The van der Waals surface area contributed by atoms with Crippen LogP contribution in [0.1, 0.15) is 30.0 Å². The molecular weight excluding hydrogens is 310 g/mol. The molecule has 0 spiro atoms. The summed E-state index contributed by atoms with van der Waals surface area (Å²) in [4.78, 5) is 1.79. The average molecular weight is 326 g/mol. The summed E-state index contributed by atoms with van der Waals surface area (Å²) >= 11 is 0. The number of benzene rings is 1. The molecule has 1 aromatic rings. The summed E-state index contributed by atoms with van der Waals surface area (Å²) in [5, 5.41) is 0. The zero-order chi connectivity index (χ0) is 16.7. The van der Waals surface area contributed by atoms with E-state index < -0.39 is 23.5 Å². The molecule has 0 saturated carbocycles. The maximum Gasteiger partial charge on any atom is 0.416 e. The number of alkyl halides is 6. The molecule has 0 radical (unpaired) electrons. The molecule has 22 heavy (non-hydrogen) atoms. The molecule has 2 unspecified atom stereocenters. The number of nitrogens with zero attached hydrogens (tertiary/aromatic N) is 1. The fourth-order valence-electron chi connectivity index (χ4n) is 2.60. The molecular formula is C14H16F6N2. The second-order valence-electron chi connectivity index (χ2n) is 5.58. The van der Waals surface area contributed by atoms with Crippen molar-refractivity contribution in [2.24, 2.45) is 5.73 Å². The van der Waals surface area contributed by atoms with E-state index in [0.29, 0.717) is 13.0 Å². The Kier molecular flexibility index (Phi) is 4.45. The highest BCUT2D eigenvalue weighted by molar-refractivity contribution is 5.33. The molecule has 1 heterocycles. The first-order valence-electron chi connectivity index (χ1n) is 6.76. The van der Waals surface area contributed by atoms with E-state index in [1.807, 2.05) is 6.92 Å². The van der Waals surface area contributed by atoms with Crippen molar-refractivity contribution in [2.75, 3.05) is 6.54 Å². The van der Waals surface area contributed by atoms with E-state index in [4.69, 9.17) is 5.73 Å². The number of halogens is 6. The van der Waals surface area contributed by atoms with Crippen LogP contribution < -0.4 is 5.73 Å². The average Bonchev–Trinajstić information content (AvgIpc) is 2.68. The van der Waals surface area contributed by atoms with Crippen molar-refractivity contribution in [3.05, 3.63) is 34.9 Å². The van der Waals surface area contributed by atoms with Gasteiger partial charge in [0.2, 0.25) is 0 Å². The van der Waals surface area contributed by atoms with E-state index in [9.17, 15) is 26.3 Å². The maximum atomic E-state index is 12.8. The third-order valence-corrected chi connectivity index (χ3v) is 3.98. The van der Waals surface area contributed by atoms with Crippen molar-refractivity contribution < 1.29 is 26.3 Å². The smallest absolute Gasteiger partial charge is 0.326 e. The van der Waals surface area contributed by atoms with Gasteiger partial charge < -0.3 is 5.73 Å². The van der Waals surface area contributed by atoms with Gasteiger partial charge in [-0.3, -0.25) is 4.90 Å². The fraction of sp³-hybridized carbons (Fsp3) is 0.571. The van der Waals surface area contributed by atoms with Gasteiger partial charge in [0.05, 0.1) is 11.1 Å². The molecule has 1 aromatic carbocycles. The Morgan fingerprint density at radius 2 is 1.55 bits per heavy atom. The van der Waals surface area contributed by atoms with Gasteiger partial charge in [0.1, 0.15) is 0 Å². The quantitative estimate of drug-likeness (QED) is 0.841. The van der Waals surface area contributed by atoms with Gasteiger partial charge >= 0.3 is 12.4 Å². The second kappa shape index (κ2) is 5.73. The van der Waals surface area contributed by atoms with E-state index in [0.717, 1.165) is 12.1 Å². The third-order valence-electron chi connectivity index (χ3n) is 3.98. The maximum absolute atomic E-state index is 12.8. The standard InChI is InChI=1S/C14H16F6N2/c1-8-12(21)2-3-22(8)7-9-4-10(13(15,16)17)6-11(5-9)14(18,19)20/h4-6,8,12H,2-3,7,21H2,1H3. The minimum absolute atomic E-state index is 0.0110. The SMILES string of the molecule is CC1C(N)CCN1Cc1cc(C(F)(F)F)cc(C(F)(F)F)c1.